The summed E-state index contributed by atoms with van der Waals surface area (Å²) in [7, 11) is -5.22. The van der Waals surface area contributed by atoms with E-state index in [1.54, 1.807) is 31.2 Å². The average Bonchev–Trinajstić information content (AvgIpc) is 2.86. The van der Waals surface area contributed by atoms with Gasteiger partial charge in [-0.15, -0.1) is 0 Å². The zero-order valence-corrected chi connectivity index (χ0v) is 23.8. The van der Waals surface area contributed by atoms with Gasteiger partial charge in [0.1, 0.15) is 8.07 Å². The van der Waals surface area contributed by atoms with Crippen LogP contribution in [0, 0.1) is 12.8 Å². The largest absolute Gasteiger partial charge is 0.469 e. The highest BCUT2D eigenvalue weighted by Crippen LogP contribution is 2.40. The van der Waals surface area contributed by atoms with Crippen molar-refractivity contribution in [2.45, 2.75) is 56.6 Å². The SMILES string of the molecule is COC(=O)[C@H](C)[C@H](C[Si](c1ccccc1)(c1ccccc1)C(C)(C)C)NS(=O)(=O)c1ccc(C)cc1. The van der Waals surface area contributed by atoms with Gasteiger partial charge in [0.05, 0.1) is 17.9 Å². The van der Waals surface area contributed by atoms with Crippen LogP contribution in [0.2, 0.25) is 11.1 Å². The van der Waals surface area contributed by atoms with Crippen molar-refractivity contribution in [1.29, 1.82) is 0 Å². The highest BCUT2D eigenvalue weighted by Gasteiger charge is 2.50. The standard InChI is InChI=1S/C29H37NO4SSi/c1-22-17-19-24(20-18-22)35(32,33)30-27(23(2)28(31)34-6)21-36(29(3,4)5,25-13-9-7-10-14-25)26-15-11-8-12-16-26/h7-20,23,27,30H,21H2,1-6H3/t23-,27+/m1/s1. The van der Waals surface area contributed by atoms with E-state index in [4.69, 9.17) is 4.74 Å². The lowest BCUT2D eigenvalue weighted by Crippen LogP contribution is -2.67. The summed E-state index contributed by atoms with van der Waals surface area (Å²) in [6.07, 6.45) is 0. The third kappa shape index (κ3) is 5.80. The molecule has 7 heteroatoms. The first-order chi connectivity index (χ1) is 16.9. The number of benzene rings is 3. The molecule has 0 aliphatic heterocycles. The van der Waals surface area contributed by atoms with Gasteiger partial charge in [0.15, 0.2) is 0 Å². The van der Waals surface area contributed by atoms with Gasteiger partial charge in [-0.2, -0.15) is 0 Å². The monoisotopic (exact) mass is 523 g/mol. The number of rotatable bonds is 9. The van der Waals surface area contributed by atoms with E-state index in [9.17, 15) is 13.2 Å². The van der Waals surface area contributed by atoms with Gasteiger partial charge in [0, 0.05) is 6.04 Å². The highest BCUT2D eigenvalue weighted by atomic mass is 32.2. The molecule has 0 radical (unpaired) electrons. The third-order valence-electron chi connectivity index (χ3n) is 7.15. The topological polar surface area (TPSA) is 72.5 Å². The zero-order valence-electron chi connectivity index (χ0n) is 22.0. The van der Waals surface area contributed by atoms with Crippen LogP contribution in [-0.4, -0.2) is 35.6 Å². The summed E-state index contributed by atoms with van der Waals surface area (Å²) in [5.41, 5.74) is 0.973. The van der Waals surface area contributed by atoms with Gasteiger partial charge in [0.2, 0.25) is 10.0 Å². The van der Waals surface area contributed by atoms with Crippen molar-refractivity contribution in [3.05, 3.63) is 90.5 Å². The summed E-state index contributed by atoms with van der Waals surface area (Å²) in [6, 6.07) is 27.2. The predicted octanol–water partition coefficient (Wildman–Crippen LogP) is 4.51. The third-order valence-corrected chi connectivity index (χ3v) is 14.9. The van der Waals surface area contributed by atoms with Crippen molar-refractivity contribution in [1.82, 2.24) is 4.72 Å². The molecule has 192 valence electrons. The maximum atomic E-state index is 13.5. The molecule has 0 aromatic heterocycles. The molecule has 36 heavy (non-hydrogen) atoms. The van der Waals surface area contributed by atoms with E-state index < -0.39 is 36.0 Å². The summed E-state index contributed by atoms with van der Waals surface area (Å²) in [6.45, 7) is 10.3. The predicted molar refractivity (Wildman–Crippen MR) is 149 cm³/mol. The van der Waals surface area contributed by atoms with Crippen LogP contribution >= 0.6 is 0 Å². The normalized spacial score (nSPS) is 14.2. The molecule has 0 fully saturated rings. The number of carbonyl (C=O) groups excluding carboxylic acids is 1. The van der Waals surface area contributed by atoms with Gasteiger partial charge < -0.3 is 4.74 Å². The lowest BCUT2D eigenvalue weighted by molar-refractivity contribution is -0.145. The average molecular weight is 524 g/mol. The first-order valence-corrected chi connectivity index (χ1v) is 15.9. The van der Waals surface area contributed by atoms with Crippen LogP contribution in [0.5, 0.6) is 0 Å². The maximum Gasteiger partial charge on any atom is 0.309 e. The molecule has 0 aliphatic rings. The summed E-state index contributed by atoms with van der Waals surface area (Å²) in [5.74, 6) is -1.12. The van der Waals surface area contributed by atoms with Crippen LogP contribution in [0.3, 0.4) is 0 Å². The van der Waals surface area contributed by atoms with Crippen molar-refractivity contribution >= 4 is 34.4 Å². The number of ether oxygens (including phenoxy) is 1. The summed E-state index contributed by atoms with van der Waals surface area (Å²) in [5, 5.41) is 2.19. The van der Waals surface area contributed by atoms with E-state index in [-0.39, 0.29) is 9.93 Å². The van der Waals surface area contributed by atoms with Crippen molar-refractivity contribution in [2.24, 2.45) is 5.92 Å². The number of nitrogens with one attached hydrogen (secondary N) is 1. The van der Waals surface area contributed by atoms with Crippen LogP contribution in [0.4, 0.5) is 0 Å². The Bertz CT molecular complexity index is 1210. The van der Waals surface area contributed by atoms with Gasteiger partial charge in [-0.25, -0.2) is 13.1 Å². The molecule has 3 rings (SSSR count). The van der Waals surface area contributed by atoms with Gasteiger partial charge in [-0.05, 0) is 30.1 Å². The molecule has 2 atom stereocenters. The minimum absolute atomic E-state index is 0.178. The molecule has 0 saturated heterocycles. The fourth-order valence-electron chi connectivity index (χ4n) is 5.01. The second-order valence-corrected chi connectivity index (χ2v) is 17.0. The molecule has 0 bridgehead atoms. The zero-order chi connectivity index (χ0) is 26.6. The molecule has 3 aromatic rings. The molecular weight excluding hydrogens is 486 g/mol. The van der Waals surface area contributed by atoms with Crippen molar-refractivity contribution in [3.63, 3.8) is 0 Å². The van der Waals surface area contributed by atoms with E-state index in [0.29, 0.717) is 6.04 Å². The van der Waals surface area contributed by atoms with Gasteiger partial charge >= 0.3 is 5.97 Å². The molecule has 1 N–H and O–H groups in total. The van der Waals surface area contributed by atoms with E-state index in [1.165, 1.54) is 17.5 Å². The Morgan fingerprint density at radius 3 is 1.78 bits per heavy atom. The van der Waals surface area contributed by atoms with Crippen LogP contribution in [0.1, 0.15) is 33.3 Å². The summed E-state index contributed by atoms with van der Waals surface area (Å²) in [4.78, 5) is 13.0. The minimum atomic E-state index is -3.88. The Hall–Kier alpha value is -2.74. The fraction of sp³-hybridized carbons (Fsp3) is 0.345. The summed E-state index contributed by atoms with van der Waals surface area (Å²) < 4.78 is 35.1. The number of aryl methyl sites for hydroxylation is 1. The maximum absolute atomic E-state index is 13.5. The van der Waals surface area contributed by atoms with E-state index in [0.717, 1.165) is 5.56 Å². The number of methoxy groups -OCH3 is 1. The second-order valence-electron chi connectivity index (χ2n) is 10.4. The lowest BCUT2D eigenvalue weighted by atomic mass is 10.1. The van der Waals surface area contributed by atoms with Crippen LogP contribution in [0.25, 0.3) is 0 Å². The number of hydrogen-bond acceptors (Lipinski definition) is 4. The number of carbonyl (C=O) groups is 1. The first-order valence-electron chi connectivity index (χ1n) is 12.2. The second kappa shape index (κ2) is 11.1. The number of hydrogen-bond donors (Lipinski definition) is 1. The van der Waals surface area contributed by atoms with Crippen molar-refractivity contribution < 1.29 is 17.9 Å². The Morgan fingerprint density at radius 1 is 0.889 bits per heavy atom. The lowest BCUT2D eigenvalue weighted by Gasteiger charge is -2.46. The Balaban J connectivity index is 2.20. The Labute approximate surface area is 217 Å². The van der Waals surface area contributed by atoms with E-state index in [1.807, 2.05) is 43.3 Å². The molecule has 0 amide bonds. The molecule has 0 saturated carbocycles. The molecule has 0 heterocycles. The van der Waals surface area contributed by atoms with Gasteiger partial charge in [0.25, 0.3) is 0 Å². The van der Waals surface area contributed by atoms with E-state index >= 15 is 0 Å². The fourth-order valence-corrected chi connectivity index (χ4v) is 12.3. The quantitative estimate of drug-likeness (QED) is 0.331. The molecule has 0 aliphatic carbocycles. The first kappa shape index (κ1) is 27.8. The molecule has 0 spiro atoms. The van der Waals surface area contributed by atoms with Crippen molar-refractivity contribution in [3.8, 4) is 0 Å². The van der Waals surface area contributed by atoms with Gasteiger partial charge in [-0.1, -0.05) is 116 Å². The minimum Gasteiger partial charge on any atom is -0.469 e. The van der Waals surface area contributed by atoms with Crippen LogP contribution < -0.4 is 15.1 Å². The Morgan fingerprint density at radius 2 is 1.36 bits per heavy atom. The van der Waals surface area contributed by atoms with Crippen LogP contribution in [0.15, 0.2) is 89.8 Å². The van der Waals surface area contributed by atoms with Crippen molar-refractivity contribution in [2.75, 3.05) is 7.11 Å². The molecular formula is C29H37NO4SSi. The number of sulfonamides is 1. The van der Waals surface area contributed by atoms with E-state index in [2.05, 4.69) is 49.8 Å². The molecule has 5 nitrogen and oxygen atoms in total. The van der Waals surface area contributed by atoms with Crippen LogP contribution in [-0.2, 0) is 19.6 Å². The summed E-state index contributed by atoms with van der Waals surface area (Å²) >= 11 is 0. The Kier molecular flexibility index (Phi) is 8.59. The highest BCUT2D eigenvalue weighted by molar-refractivity contribution is 7.89. The van der Waals surface area contributed by atoms with Gasteiger partial charge in [-0.3, -0.25) is 4.79 Å². The molecule has 0 unspecified atom stereocenters. The molecule has 3 aromatic carbocycles. The number of esters is 1. The smallest absolute Gasteiger partial charge is 0.309 e.